The standard InChI is InChI=1S/C16H15IN2O2/c1-2-15(11-7-9-12(20)10-8-11)18-19-16(21)13-5-3-4-6-14(13)17/h3-10,20H,2H2,1H3,(H,19,21). The Morgan fingerprint density at radius 1 is 1.19 bits per heavy atom. The maximum atomic E-state index is 12.1. The molecule has 0 aliphatic rings. The molecule has 0 unspecified atom stereocenters. The molecule has 21 heavy (non-hydrogen) atoms. The van der Waals surface area contributed by atoms with Crippen molar-refractivity contribution in [3.8, 4) is 5.75 Å². The van der Waals surface area contributed by atoms with E-state index >= 15 is 0 Å². The first-order valence-electron chi connectivity index (χ1n) is 6.52. The molecule has 0 atom stereocenters. The fourth-order valence-electron chi connectivity index (χ4n) is 1.83. The molecular weight excluding hydrogens is 379 g/mol. The van der Waals surface area contributed by atoms with Crippen LogP contribution >= 0.6 is 22.6 Å². The third-order valence-electron chi connectivity index (χ3n) is 2.95. The lowest BCUT2D eigenvalue weighted by atomic mass is 10.1. The van der Waals surface area contributed by atoms with E-state index in [0.717, 1.165) is 14.8 Å². The normalized spacial score (nSPS) is 11.2. The summed E-state index contributed by atoms with van der Waals surface area (Å²) in [5, 5.41) is 13.5. The van der Waals surface area contributed by atoms with Crippen LogP contribution in [0, 0.1) is 3.57 Å². The van der Waals surface area contributed by atoms with Crippen LogP contribution in [0.25, 0.3) is 0 Å². The molecule has 0 spiro atoms. The molecule has 108 valence electrons. The highest BCUT2D eigenvalue weighted by molar-refractivity contribution is 14.1. The highest BCUT2D eigenvalue weighted by Gasteiger charge is 2.09. The molecule has 0 saturated heterocycles. The summed E-state index contributed by atoms with van der Waals surface area (Å²) in [6, 6.07) is 14.1. The third kappa shape index (κ3) is 4.04. The molecule has 0 heterocycles. The van der Waals surface area contributed by atoms with Gasteiger partial charge in [-0.15, -0.1) is 0 Å². The number of nitrogens with zero attached hydrogens (tertiary/aromatic N) is 1. The predicted octanol–water partition coefficient (Wildman–Crippen LogP) is 3.54. The minimum atomic E-state index is -0.232. The van der Waals surface area contributed by atoms with Gasteiger partial charge in [-0.1, -0.05) is 19.1 Å². The van der Waals surface area contributed by atoms with Crippen LogP contribution in [0.5, 0.6) is 5.75 Å². The molecule has 0 aliphatic heterocycles. The summed E-state index contributed by atoms with van der Waals surface area (Å²) in [6.45, 7) is 1.96. The second kappa shape index (κ2) is 7.21. The lowest BCUT2D eigenvalue weighted by Gasteiger charge is -2.06. The Morgan fingerprint density at radius 3 is 2.48 bits per heavy atom. The average molecular weight is 394 g/mol. The maximum Gasteiger partial charge on any atom is 0.272 e. The van der Waals surface area contributed by atoms with Crippen molar-refractivity contribution in [2.24, 2.45) is 5.10 Å². The van der Waals surface area contributed by atoms with E-state index in [1.54, 1.807) is 30.3 Å². The summed E-state index contributed by atoms with van der Waals surface area (Å²) >= 11 is 2.12. The maximum absolute atomic E-state index is 12.1. The van der Waals surface area contributed by atoms with E-state index in [2.05, 4.69) is 33.1 Å². The first kappa shape index (κ1) is 15.5. The van der Waals surface area contributed by atoms with Gasteiger partial charge in [-0.3, -0.25) is 4.79 Å². The van der Waals surface area contributed by atoms with Crippen LogP contribution in [0.2, 0.25) is 0 Å². The quantitative estimate of drug-likeness (QED) is 0.474. The minimum Gasteiger partial charge on any atom is -0.508 e. The Hall–Kier alpha value is -1.89. The summed E-state index contributed by atoms with van der Waals surface area (Å²) in [7, 11) is 0. The van der Waals surface area contributed by atoms with Crippen molar-refractivity contribution in [3.63, 3.8) is 0 Å². The van der Waals surface area contributed by atoms with E-state index in [1.807, 2.05) is 25.1 Å². The number of aromatic hydroxyl groups is 1. The monoisotopic (exact) mass is 394 g/mol. The largest absolute Gasteiger partial charge is 0.508 e. The van der Waals surface area contributed by atoms with Crippen LogP contribution in [-0.4, -0.2) is 16.7 Å². The van der Waals surface area contributed by atoms with E-state index in [0.29, 0.717) is 12.0 Å². The number of hydrazone groups is 1. The van der Waals surface area contributed by atoms with Crippen molar-refractivity contribution in [2.45, 2.75) is 13.3 Å². The number of phenolic OH excluding ortho intramolecular Hbond substituents is 1. The van der Waals surface area contributed by atoms with E-state index in [1.165, 1.54) is 0 Å². The molecular formula is C16H15IN2O2. The summed E-state index contributed by atoms with van der Waals surface area (Å²) in [6.07, 6.45) is 0.678. The van der Waals surface area contributed by atoms with Gasteiger partial charge in [0.25, 0.3) is 5.91 Å². The predicted molar refractivity (Wildman–Crippen MR) is 91.6 cm³/mol. The van der Waals surface area contributed by atoms with Crippen molar-refractivity contribution < 1.29 is 9.90 Å². The van der Waals surface area contributed by atoms with Crippen LogP contribution in [0.1, 0.15) is 29.3 Å². The van der Waals surface area contributed by atoms with Gasteiger partial charge in [0.15, 0.2) is 0 Å². The van der Waals surface area contributed by atoms with Crippen LogP contribution in [0.3, 0.4) is 0 Å². The van der Waals surface area contributed by atoms with Crippen molar-refractivity contribution in [2.75, 3.05) is 0 Å². The number of benzene rings is 2. The molecule has 0 fully saturated rings. The van der Waals surface area contributed by atoms with Crippen LogP contribution in [-0.2, 0) is 0 Å². The zero-order valence-corrected chi connectivity index (χ0v) is 13.7. The number of amides is 1. The smallest absolute Gasteiger partial charge is 0.272 e. The van der Waals surface area contributed by atoms with Gasteiger partial charge in [0.05, 0.1) is 11.3 Å². The Balaban J connectivity index is 2.16. The number of rotatable bonds is 4. The van der Waals surface area contributed by atoms with Crippen LogP contribution in [0.4, 0.5) is 0 Å². The van der Waals surface area contributed by atoms with Crippen molar-refractivity contribution in [1.29, 1.82) is 0 Å². The number of nitrogens with one attached hydrogen (secondary N) is 1. The average Bonchev–Trinajstić information content (AvgIpc) is 2.49. The minimum absolute atomic E-state index is 0.206. The first-order chi connectivity index (χ1) is 10.1. The first-order valence-corrected chi connectivity index (χ1v) is 7.60. The lowest BCUT2D eigenvalue weighted by Crippen LogP contribution is -2.20. The Kier molecular flexibility index (Phi) is 5.32. The number of hydrogen-bond acceptors (Lipinski definition) is 3. The van der Waals surface area contributed by atoms with Gasteiger partial charge in [0, 0.05) is 3.57 Å². The van der Waals surface area contributed by atoms with E-state index in [4.69, 9.17) is 0 Å². The zero-order valence-electron chi connectivity index (χ0n) is 11.5. The van der Waals surface area contributed by atoms with Crippen molar-refractivity contribution in [1.82, 2.24) is 5.43 Å². The van der Waals surface area contributed by atoms with Gasteiger partial charge in [0.1, 0.15) is 5.75 Å². The van der Waals surface area contributed by atoms with E-state index in [9.17, 15) is 9.90 Å². The zero-order chi connectivity index (χ0) is 15.2. The van der Waals surface area contributed by atoms with Crippen LogP contribution in [0.15, 0.2) is 53.6 Å². The van der Waals surface area contributed by atoms with Gasteiger partial charge in [-0.2, -0.15) is 5.10 Å². The van der Waals surface area contributed by atoms with Crippen molar-refractivity contribution in [3.05, 3.63) is 63.2 Å². The number of carbonyl (C=O) groups is 1. The molecule has 2 aromatic carbocycles. The Morgan fingerprint density at radius 2 is 1.86 bits per heavy atom. The van der Waals surface area contributed by atoms with Gasteiger partial charge < -0.3 is 5.11 Å². The number of halogens is 1. The highest BCUT2D eigenvalue weighted by Crippen LogP contribution is 2.13. The molecule has 1 amide bonds. The topological polar surface area (TPSA) is 61.7 Å². The second-order valence-electron chi connectivity index (χ2n) is 4.38. The third-order valence-corrected chi connectivity index (χ3v) is 3.89. The molecule has 2 aromatic rings. The second-order valence-corrected chi connectivity index (χ2v) is 5.54. The summed E-state index contributed by atoms with van der Waals surface area (Å²) in [4.78, 5) is 12.1. The summed E-state index contributed by atoms with van der Waals surface area (Å²) in [5.41, 5.74) is 4.82. The SMILES string of the molecule is CCC(=NNC(=O)c1ccccc1I)c1ccc(O)cc1. The molecule has 0 saturated carbocycles. The van der Waals surface area contributed by atoms with Gasteiger partial charge in [-0.25, -0.2) is 5.43 Å². The highest BCUT2D eigenvalue weighted by atomic mass is 127. The molecule has 5 heteroatoms. The van der Waals surface area contributed by atoms with E-state index in [-0.39, 0.29) is 11.7 Å². The molecule has 2 rings (SSSR count). The molecule has 4 nitrogen and oxygen atoms in total. The Labute approximate surface area is 137 Å². The number of hydrogen-bond donors (Lipinski definition) is 2. The van der Waals surface area contributed by atoms with Gasteiger partial charge >= 0.3 is 0 Å². The Bertz CT molecular complexity index is 666. The molecule has 0 radical (unpaired) electrons. The van der Waals surface area contributed by atoms with Crippen molar-refractivity contribution >= 4 is 34.2 Å². The van der Waals surface area contributed by atoms with Gasteiger partial charge in [-0.05, 0) is 71.0 Å². The lowest BCUT2D eigenvalue weighted by molar-refractivity contribution is 0.0954. The fourth-order valence-corrected chi connectivity index (χ4v) is 2.46. The molecule has 0 aliphatic carbocycles. The molecule has 0 bridgehead atoms. The van der Waals surface area contributed by atoms with E-state index < -0.39 is 0 Å². The summed E-state index contributed by atoms with van der Waals surface area (Å²) in [5.74, 6) is -0.0261. The molecule has 2 N–H and O–H groups in total. The van der Waals surface area contributed by atoms with Gasteiger partial charge in [0.2, 0.25) is 0 Å². The molecule has 0 aromatic heterocycles. The van der Waals surface area contributed by atoms with Crippen LogP contribution < -0.4 is 5.43 Å². The number of carbonyl (C=O) groups excluding carboxylic acids is 1. The summed E-state index contributed by atoms with van der Waals surface area (Å²) < 4.78 is 0.880. The number of phenols is 1. The fraction of sp³-hybridized carbons (Fsp3) is 0.125.